The first kappa shape index (κ1) is 27.7. The second-order valence-corrected chi connectivity index (χ2v) is 8.49. The van der Waals surface area contributed by atoms with Crippen LogP contribution < -0.4 is 10.1 Å². The SMILES string of the molecule is CCCCN(CC)C(C(=O)O)c1ccc(CNC(=O)CCCC/C=C/C(C)C)cc1OC. The molecular formula is C26H42N2O4. The number of carboxylic acids is 1. The van der Waals surface area contributed by atoms with Gasteiger partial charge in [-0.1, -0.05) is 58.4 Å². The predicted octanol–water partition coefficient (Wildman–Crippen LogP) is 5.33. The summed E-state index contributed by atoms with van der Waals surface area (Å²) >= 11 is 0. The Labute approximate surface area is 194 Å². The standard InChI is InChI=1S/C26H42N2O4/c1-6-8-17-28(7-2)25(26(30)31)22-16-15-21(18-23(22)32-5)19-27-24(29)14-12-10-9-11-13-20(3)4/h11,13,15-16,18,20,25H,6-10,12,14,17,19H2,1-5H3,(H,27,29)(H,30,31)/b13-11+. The normalized spacial score (nSPS) is 12.5. The molecule has 0 radical (unpaired) electrons. The summed E-state index contributed by atoms with van der Waals surface area (Å²) in [7, 11) is 1.55. The summed E-state index contributed by atoms with van der Waals surface area (Å²) in [5.74, 6) is 0.247. The Bertz CT molecular complexity index is 731. The molecule has 1 aromatic rings. The van der Waals surface area contributed by atoms with Crippen molar-refractivity contribution in [2.24, 2.45) is 5.92 Å². The summed E-state index contributed by atoms with van der Waals surface area (Å²) in [4.78, 5) is 26.2. The second kappa shape index (κ2) is 15.5. The average Bonchev–Trinajstić information content (AvgIpc) is 2.77. The van der Waals surface area contributed by atoms with Crippen LogP contribution in [0.4, 0.5) is 0 Å². The van der Waals surface area contributed by atoms with Crippen molar-refractivity contribution in [3.05, 3.63) is 41.5 Å². The van der Waals surface area contributed by atoms with Crippen LogP contribution in [-0.2, 0) is 16.1 Å². The Morgan fingerprint density at radius 3 is 2.53 bits per heavy atom. The van der Waals surface area contributed by atoms with Crippen LogP contribution in [0.15, 0.2) is 30.4 Å². The van der Waals surface area contributed by atoms with Gasteiger partial charge in [-0.05, 0) is 56.3 Å². The molecule has 1 unspecified atom stereocenters. The fourth-order valence-corrected chi connectivity index (χ4v) is 3.61. The number of methoxy groups -OCH3 is 1. The fourth-order valence-electron chi connectivity index (χ4n) is 3.61. The largest absolute Gasteiger partial charge is 0.496 e. The number of nitrogens with one attached hydrogen (secondary N) is 1. The Hall–Kier alpha value is -2.34. The van der Waals surface area contributed by atoms with Gasteiger partial charge in [0.1, 0.15) is 11.8 Å². The Morgan fingerprint density at radius 1 is 1.19 bits per heavy atom. The Morgan fingerprint density at radius 2 is 1.94 bits per heavy atom. The molecule has 6 heteroatoms. The van der Waals surface area contributed by atoms with E-state index in [-0.39, 0.29) is 5.91 Å². The smallest absolute Gasteiger partial charge is 0.325 e. The number of nitrogens with zero attached hydrogens (tertiary/aromatic N) is 1. The number of likely N-dealkylation sites (N-methyl/N-ethyl adjacent to an activating group) is 1. The van der Waals surface area contributed by atoms with Gasteiger partial charge in [0, 0.05) is 18.5 Å². The molecule has 1 aromatic carbocycles. The molecule has 0 spiro atoms. The van der Waals surface area contributed by atoms with Crippen molar-refractivity contribution < 1.29 is 19.4 Å². The van der Waals surface area contributed by atoms with Crippen molar-refractivity contribution in [3.8, 4) is 5.75 Å². The number of carbonyl (C=O) groups excluding carboxylic acids is 1. The van der Waals surface area contributed by atoms with Gasteiger partial charge in [-0.15, -0.1) is 0 Å². The van der Waals surface area contributed by atoms with E-state index in [0.29, 0.717) is 36.7 Å². The summed E-state index contributed by atoms with van der Waals surface area (Å²) < 4.78 is 5.53. The molecule has 1 amide bonds. The maximum Gasteiger partial charge on any atom is 0.325 e. The number of aliphatic carboxylic acids is 1. The van der Waals surface area contributed by atoms with Crippen molar-refractivity contribution in [2.45, 2.75) is 78.8 Å². The molecular weight excluding hydrogens is 404 g/mol. The van der Waals surface area contributed by atoms with Gasteiger partial charge in [0.15, 0.2) is 0 Å². The molecule has 1 rings (SSSR count). The van der Waals surface area contributed by atoms with Gasteiger partial charge in [-0.25, -0.2) is 0 Å². The summed E-state index contributed by atoms with van der Waals surface area (Å²) in [6.07, 6.45) is 9.70. The van der Waals surface area contributed by atoms with Crippen LogP contribution in [0.5, 0.6) is 5.75 Å². The van der Waals surface area contributed by atoms with Crippen LogP contribution in [0, 0.1) is 5.92 Å². The number of hydrogen-bond donors (Lipinski definition) is 2. The molecule has 32 heavy (non-hydrogen) atoms. The van der Waals surface area contributed by atoms with Crippen molar-refractivity contribution in [3.63, 3.8) is 0 Å². The van der Waals surface area contributed by atoms with Crippen LogP contribution in [0.25, 0.3) is 0 Å². The number of carbonyl (C=O) groups is 2. The molecule has 0 aliphatic rings. The van der Waals surface area contributed by atoms with E-state index < -0.39 is 12.0 Å². The molecule has 1 atom stereocenters. The Kier molecular flexibility index (Phi) is 13.4. The van der Waals surface area contributed by atoms with Gasteiger partial charge in [-0.3, -0.25) is 14.5 Å². The van der Waals surface area contributed by atoms with Crippen LogP contribution in [-0.4, -0.2) is 42.1 Å². The summed E-state index contributed by atoms with van der Waals surface area (Å²) in [5, 5.41) is 12.9. The lowest BCUT2D eigenvalue weighted by Crippen LogP contribution is -2.35. The minimum atomic E-state index is -0.884. The van der Waals surface area contributed by atoms with Crippen molar-refractivity contribution in [1.82, 2.24) is 10.2 Å². The average molecular weight is 447 g/mol. The topological polar surface area (TPSA) is 78.9 Å². The Balaban J connectivity index is 2.71. The van der Waals surface area contributed by atoms with Gasteiger partial charge >= 0.3 is 5.97 Å². The minimum absolute atomic E-state index is 0.0287. The van der Waals surface area contributed by atoms with Gasteiger partial charge in [0.25, 0.3) is 0 Å². The first-order valence-electron chi connectivity index (χ1n) is 11.9. The molecule has 0 bridgehead atoms. The maximum absolute atomic E-state index is 12.2. The van der Waals surface area contributed by atoms with E-state index in [1.54, 1.807) is 7.11 Å². The van der Waals surface area contributed by atoms with Gasteiger partial charge in [0.2, 0.25) is 5.91 Å². The van der Waals surface area contributed by atoms with E-state index in [1.807, 2.05) is 30.0 Å². The number of hydrogen-bond acceptors (Lipinski definition) is 4. The lowest BCUT2D eigenvalue weighted by molar-refractivity contribution is -0.143. The molecule has 0 fully saturated rings. The van der Waals surface area contributed by atoms with E-state index in [0.717, 1.165) is 44.2 Å². The summed E-state index contributed by atoms with van der Waals surface area (Å²) in [6.45, 7) is 10.1. The number of amides is 1. The lowest BCUT2D eigenvalue weighted by Gasteiger charge is -2.29. The minimum Gasteiger partial charge on any atom is -0.496 e. The van der Waals surface area contributed by atoms with E-state index in [9.17, 15) is 14.7 Å². The third-order valence-electron chi connectivity index (χ3n) is 5.43. The zero-order chi connectivity index (χ0) is 23.9. The van der Waals surface area contributed by atoms with Gasteiger partial charge < -0.3 is 15.2 Å². The number of rotatable bonds is 16. The molecule has 2 N–H and O–H groups in total. The van der Waals surface area contributed by atoms with E-state index >= 15 is 0 Å². The second-order valence-electron chi connectivity index (χ2n) is 8.49. The number of unbranched alkanes of at least 4 members (excludes halogenated alkanes) is 3. The van der Waals surface area contributed by atoms with Gasteiger partial charge in [0.05, 0.1) is 7.11 Å². The van der Waals surface area contributed by atoms with E-state index in [4.69, 9.17) is 4.74 Å². The maximum atomic E-state index is 12.2. The number of allylic oxidation sites excluding steroid dienone is 2. The van der Waals surface area contributed by atoms with Crippen LogP contribution in [0.3, 0.4) is 0 Å². The molecule has 180 valence electrons. The highest BCUT2D eigenvalue weighted by atomic mass is 16.5. The fraction of sp³-hybridized carbons (Fsp3) is 0.615. The quantitative estimate of drug-likeness (QED) is 0.265. The van der Waals surface area contributed by atoms with E-state index in [1.165, 1.54) is 0 Å². The van der Waals surface area contributed by atoms with Crippen molar-refractivity contribution in [1.29, 1.82) is 0 Å². The molecule has 6 nitrogen and oxygen atoms in total. The highest BCUT2D eigenvalue weighted by Gasteiger charge is 2.29. The molecule has 0 heterocycles. The molecule has 0 aromatic heterocycles. The molecule has 0 aliphatic carbocycles. The van der Waals surface area contributed by atoms with Gasteiger partial charge in [-0.2, -0.15) is 0 Å². The summed E-state index contributed by atoms with van der Waals surface area (Å²) in [6, 6.07) is 4.76. The summed E-state index contributed by atoms with van der Waals surface area (Å²) in [5.41, 5.74) is 1.53. The number of carboxylic acid groups (broad SMARTS) is 1. The first-order chi connectivity index (χ1) is 15.3. The van der Waals surface area contributed by atoms with Crippen LogP contribution >= 0.6 is 0 Å². The zero-order valence-corrected chi connectivity index (χ0v) is 20.5. The molecule has 0 saturated heterocycles. The highest BCUT2D eigenvalue weighted by Crippen LogP contribution is 2.31. The number of benzene rings is 1. The third kappa shape index (κ3) is 9.86. The first-order valence-corrected chi connectivity index (χ1v) is 11.9. The van der Waals surface area contributed by atoms with E-state index in [2.05, 4.69) is 38.2 Å². The highest BCUT2D eigenvalue weighted by molar-refractivity contribution is 5.77. The third-order valence-corrected chi connectivity index (χ3v) is 5.43. The van der Waals surface area contributed by atoms with Crippen molar-refractivity contribution >= 4 is 11.9 Å². The zero-order valence-electron chi connectivity index (χ0n) is 20.5. The van der Waals surface area contributed by atoms with Crippen molar-refractivity contribution in [2.75, 3.05) is 20.2 Å². The lowest BCUT2D eigenvalue weighted by atomic mass is 10.0. The molecule has 0 saturated carbocycles. The number of ether oxygens (including phenoxy) is 1. The molecule has 0 aliphatic heterocycles. The predicted molar refractivity (Wildman–Crippen MR) is 130 cm³/mol. The van der Waals surface area contributed by atoms with Crippen LogP contribution in [0.1, 0.15) is 83.4 Å². The monoisotopic (exact) mass is 446 g/mol. The van der Waals surface area contributed by atoms with Crippen LogP contribution in [0.2, 0.25) is 0 Å².